The molecule has 1 amide bonds. The number of carbonyl (C=O) groups is 1. The molecule has 6 rings (SSSR count). The Morgan fingerprint density at radius 3 is 2.74 bits per heavy atom. The summed E-state index contributed by atoms with van der Waals surface area (Å²) in [6.07, 6.45) is 5.17. The molecule has 1 aliphatic heterocycles. The van der Waals surface area contributed by atoms with E-state index in [1.807, 2.05) is 36.1 Å². The van der Waals surface area contributed by atoms with Gasteiger partial charge in [-0.25, -0.2) is 24.9 Å². The number of piperazine rings is 1. The number of nitrogens with one attached hydrogen (secondary N) is 3. The van der Waals surface area contributed by atoms with Crippen LogP contribution in [0, 0.1) is 24.2 Å². The lowest BCUT2D eigenvalue weighted by Gasteiger charge is -2.42. The maximum absolute atomic E-state index is 14.5. The fourth-order valence-electron chi connectivity index (χ4n) is 5.56. The molecule has 3 heterocycles. The Hall–Kier alpha value is -5.13. The number of aromatic nitrogens is 3. The Bertz CT molecular complexity index is 1730. The molecular formula is C31H32FN9O2. The van der Waals surface area contributed by atoms with Crippen molar-refractivity contribution in [1.29, 1.82) is 5.53 Å². The van der Waals surface area contributed by atoms with Crippen LogP contribution in [0.5, 0.6) is 11.5 Å². The lowest BCUT2D eigenvalue weighted by Crippen LogP contribution is -2.56. The summed E-state index contributed by atoms with van der Waals surface area (Å²) in [6.45, 7) is 7.59. The van der Waals surface area contributed by atoms with Gasteiger partial charge in [-0.3, -0.25) is 4.79 Å². The molecule has 0 radical (unpaired) electrons. The van der Waals surface area contributed by atoms with Gasteiger partial charge in [0.15, 0.2) is 11.6 Å². The number of benzene rings is 2. The highest BCUT2D eigenvalue weighted by Crippen LogP contribution is 2.39. The molecule has 3 N–H and O–H groups in total. The van der Waals surface area contributed by atoms with E-state index >= 15 is 0 Å². The van der Waals surface area contributed by atoms with Crippen molar-refractivity contribution < 1.29 is 13.9 Å². The van der Waals surface area contributed by atoms with Crippen LogP contribution in [0.1, 0.15) is 18.4 Å². The number of halogens is 1. The van der Waals surface area contributed by atoms with Gasteiger partial charge in [-0.15, -0.1) is 0 Å². The summed E-state index contributed by atoms with van der Waals surface area (Å²) in [5.41, 5.74) is 10.5. The summed E-state index contributed by atoms with van der Waals surface area (Å²) >= 11 is 0. The first-order valence-corrected chi connectivity index (χ1v) is 14.1. The zero-order valence-corrected chi connectivity index (χ0v) is 24.0. The molecule has 4 aromatic rings. The fourth-order valence-corrected chi connectivity index (χ4v) is 5.56. The van der Waals surface area contributed by atoms with Gasteiger partial charge in [0.2, 0.25) is 5.91 Å². The molecule has 1 saturated carbocycles. The molecular weight excluding hydrogens is 549 g/mol. The van der Waals surface area contributed by atoms with Crippen LogP contribution in [0.15, 0.2) is 66.6 Å². The van der Waals surface area contributed by atoms with Gasteiger partial charge in [0, 0.05) is 44.5 Å². The summed E-state index contributed by atoms with van der Waals surface area (Å²) in [7, 11) is 1.57. The van der Waals surface area contributed by atoms with Gasteiger partial charge in [-0.05, 0) is 67.7 Å². The number of nitrogens with zero attached hydrogens (tertiary/aromatic N) is 6. The highest BCUT2D eigenvalue weighted by atomic mass is 19.1. The third-order valence-electron chi connectivity index (χ3n) is 7.91. The second kappa shape index (κ2) is 11.6. The molecule has 1 atom stereocenters. The first-order chi connectivity index (χ1) is 20.9. The Balaban J connectivity index is 1.22. The number of fused-ring (bicyclic) bond motifs is 1. The van der Waals surface area contributed by atoms with Crippen LogP contribution in [-0.2, 0) is 4.79 Å². The van der Waals surface area contributed by atoms with Crippen LogP contribution >= 0.6 is 0 Å². The summed E-state index contributed by atoms with van der Waals surface area (Å²) in [4.78, 5) is 30.5. The van der Waals surface area contributed by atoms with E-state index in [1.54, 1.807) is 13.1 Å². The summed E-state index contributed by atoms with van der Waals surface area (Å²) in [6, 6.07) is 12.3. The first-order valence-electron chi connectivity index (χ1n) is 14.1. The average Bonchev–Trinajstić information content (AvgIpc) is 3.87. The topological polar surface area (TPSA) is 132 Å². The van der Waals surface area contributed by atoms with Crippen LogP contribution in [0.3, 0.4) is 0 Å². The molecule has 1 aliphatic carbocycles. The molecule has 2 aromatic heterocycles. The zero-order valence-electron chi connectivity index (χ0n) is 24.0. The molecule has 2 aliphatic rings. The van der Waals surface area contributed by atoms with E-state index in [0.29, 0.717) is 41.6 Å². The normalized spacial score (nSPS) is 16.6. The number of pyridine rings is 1. The third-order valence-corrected chi connectivity index (χ3v) is 7.91. The standard InChI is InChI=1S/C31H32FN9O2/c1-4-28(42)41-12-11-40(16-25(41)19-5-6-19)27-10-8-23-30(38-27)31(36-17-35-23)37-20-7-9-26(18(2)13-20)43-21-14-22(32)29(34-3)24(15-21)39-33/h4,7-10,13-15,17,19,25,33-34H,1,5-6,11-12,16H2,2-3H3,(H,35,36,37). The van der Waals surface area contributed by atoms with E-state index in [4.69, 9.17) is 15.3 Å². The molecule has 1 saturated heterocycles. The van der Waals surface area contributed by atoms with Crippen molar-refractivity contribution in [3.63, 3.8) is 0 Å². The van der Waals surface area contributed by atoms with Gasteiger partial charge >= 0.3 is 0 Å². The number of rotatable bonds is 9. The molecule has 0 bridgehead atoms. The van der Waals surface area contributed by atoms with Crippen molar-refractivity contribution in [3.8, 4) is 11.5 Å². The lowest BCUT2D eigenvalue weighted by molar-refractivity contribution is -0.129. The molecule has 11 nitrogen and oxygen atoms in total. The maximum atomic E-state index is 14.5. The predicted octanol–water partition coefficient (Wildman–Crippen LogP) is 6.33. The average molecular weight is 582 g/mol. The van der Waals surface area contributed by atoms with E-state index in [1.165, 1.54) is 24.5 Å². The van der Waals surface area contributed by atoms with Crippen molar-refractivity contribution in [1.82, 2.24) is 19.9 Å². The monoisotopic (exact) mass is 581 g/mol. The van der Waals surface area contributed by atoms with E-state index in [-0.39, 0.29) is 29.1 Å². The van der Waals surface area contributed by atoms with Crippen LogP contribution < -0.4 is 20.3 Å². The van der Waals surface area contributed by atoms with Gasteiger partial charge in [-0.2, -0.15) is 5.11 Å². The molecule has 220 valence electrons. The van der Waals surface area contributed by atoms with Crippen LogP contribution in [0.4, 0.5) is 33.1 Å². The Morgan fingerprint density at radius 1 is 1.19 bits per heavy atom. The minimum Gasteiger partial charge on any atom is -0.457 e. The van der Waals surface area contributed by atoms with E-state index in [2.05, 4.69) is 37.2 Å². The van der Waals surface area contributed by atoms with Gasteiger partial charge in [0.05, 0.1) is 17.2 Å². The van der Waals surface area contributed by atoms with Crippen LogP contribution in [0.25, 0.3) is 11.0 Å². The number of hydrogen-bond acceptors (Lipinski definition) is 10. The number of carbonyl (C=O) groups excluding carboxylic acids is 1. The molecule has 1 unspecified atom stereocenters. The minimum absolute atomic E-state index is 0.0124. The highest BCUT2D eigenvalue weighted by Gasteiger charge is 2.40. The molecule has 2 fully saturated rings. The number of ether oxygens (including phenoxy) is 1. The van der Waals surface area contributed by atoms with Crippen LogP contribution in [-0.4, -0.2) is 58.5 Å². The second-order valence-electron chi connectivity index (χ2n) is 10.7. The minimum atomic E-state index is -0.556. The Kier molecular flexibility index (Phi) is 7.58. The molecule has 2 aromatic carbocycles. The SMILES string of the molecule is C=CC(=O)N1CCN(c2ccc3ncnc(Nc4ccc(Oc5cc(F)c(NC)c(N=N)c5)c(C)c4)c3n2)CC1C1CC1. The molecule has 43 heavy (non-hydrogen) atoms. The smallest absolute Gasteiger partial charge is 0.246 e. The molecule has 0 spiro atoms. The molecule has 12 heteroatoms. The van der Waals surface area contributed by atoms with Gasteiger partial charge in [0.1, 0.15) is 34.8 Å². The van der Waals surface area contributed by atoms with Crippen LogP contribution in [0.2, 0.25) is 0 Å². The third kappa shape index (κ3) is 5.68. The fraction of sp³-hybridized carbons (Fsp3) is 0.290. The first kappa shape index (κ1) is 28.0. The number of amides is 1. The highest BCUT2D eigenvalue weighted by molar-refractivity contribution is 5.89. The predicted molar refractivity (Wildman–Crippen MR) is 163 cm³/mol. The lowest BCUT2D eigenvalue weighted by atomic mass is 10.1. The quantitative estimate of drug-likeness (QED) is 0.154. The summed E-state index contributed by atoms with van der Waals surface area (Å²) < 4.78 is 20.4. The number of aryl methyl sites for hydroxylation is 1. The maximum Gasteiger partial charge on any atom is 0.246 e. The van der Waals surface area contributed by atoms with E-state index in [0.717, 1.165) is 36.5 Å². The van der Waals surface area contributed by atoms with Crippen molar-refractivity contribution in [2.75, 3.05) is 42.2 Å². The number of anilines is 4. The van der Waals surface area contributed by atoms with E-state index < -0.39 is 5.82 Å². The summed E-state index contributed by atoms with van der Waals surface area (Å²) in [5.74, 6) is 2.10. The summed E-state index contributed by atoms with van der Waals surface area (Å²) in [5, 5.41) is 9.46. The van der Waals surface area contributed by atoms with Crippen molar-refractivity contribution in [3.05, 3.63) is 72.8 Å². The van der Waals surface area contributed by atoms with E-state index in [9.17, 15) is 9.18 Å². The van der Waals surface area contributed by atoms with Crippen molar-refractivity contribution in [2.45, 2.75) is 25.8 Å². The largest absolute Gasteiger partial charge is 0.457 e. The zero-order chi connectivity index (χ0) is 30.1. The second-order valence-corrected chi connectivity index (χ2v) is 10.7. The van der Waals surface area contributed by atoms with Gasteiger partial charge in [0.25, 0.3) is 0 Å². The van der Waals surface area contributed by atoms with Gasteiger partial charge in [-0.1, -0.05) is 6.58 Å². The van der Waals surface area contributed by atoms with Gasteiger partial charge < -0.3 is 25.2 Å². The Labute approximate surface area is 248 Å². The van der Waals surface area contributed by atoms with Crippen molar-refractivity contribution in [2.24, 2.45) is 11.0 Å². The Morgan fingerprint density at radius 2 is 2.02 bits per heavy atom. The van der Waals surface area contributed by atoms with Crippen molar-refractivity contribution >= 4 is 45.6 Å². The number of hydrogen-bond donors (Lipinski definition) is 3.